The van der Waals surface area contributed by atoms with Crippen molar-refractivity contribution in [3.05, 3.63) is 23.8 Å². The van der Waals surface area contributed by atoms with Gasteiger partial charge in [-0.1, -0.05) is 20.8 Å². The Kier molecular flexibility index (Phi) is 8.77. The number of carbonyl (C=O) groups is 2. The van der Waals surface area contributed by atoms with Crippen LogP contribution in [0.1, 0.15) is 32.8 Å². The molecule has 0 aromatic heterocycles. The number of hydrogen-bond acceptors (Lipinski definition) is 5. The van der Waals surface area contributed by atoms with Gasteiger partial charge in [-0.15, -0.1) is 0 Å². The number of nitrogens with two attached hydrogens (primary N) is 1. The summed E-state index contributed by atoms with van der Waals surface area (Å²) >= 11 is 0. The van der Waals surface area contributed by atoms with Gasteiger partial charge in [0, 0.05) is 30.9 Å². The second kappa shape index (κ2) is 10.7. The van der Waals surface area contributed by atoms with Gasteiger partial charge in [0.05, 0.1) is 18.8 Å². The van der Waals surface area contributed by atoms with Crippen LogP contribution in [0.4, 0.5) is 33.3 Å². The van der Waals surface area contributed by atoms with Crippen LogP contribution in [0.5, 0.6) is 0 Å². The number of hydrogen-bond donors (Lipinski definition) is 2. The number of carbonyl (C=O) groups excluding carboxylic acids is 2. The molecule has 1 heterocycles. The number of rotatable bonds is 8. The predicted octanol–water partition coefficient (Wildman–Crippen LogP) is 3.16. The summed E-state index contributed by atoms with van der Waals surface area (Å²) in [5.74, 6) is -1.32. The molecule has 1 atom stereocenters. The first-order valence-corrected chi connectivity index (χ1v) is 10.3. The van der Waals surface area contributed by atoms with E-state index in [1.807, 2.05) is 0 Å². The maximum absolute atomic E-state index is 13.7. The normalized spacial score (nSPS) is 16.5. The zero-order valence-corrected chi connectivity index (χ0v) is 18.7. The summed E-state index contributed by atoms with van der Waals surface area (Å²) in [5, 5.41) is 2.39. The van der Waals surface area contributed by atoms with Crippen LogP contribution in [-0.2, 0) is 14.3 Å². The van der Waals surface area contributed by atoms with E-state index in [1.54, 1.807) is 20.8 Å². The molecule has 0 bridgehead atoms. The molecule has 0 aliphatic carbocycles. The Morgan fingerprint density at radius 1 is 1.24 bits per heavy atom. The zero-order valence-electron chi connectivity index (χ0n) is 18.7. The molecule has 2 rings (SSSR count). The second-order valence-electron chi connectivity index (χ2n) is 8.99. The second-order valence-corrected chi connectivity index (χ2v) is 8.99. The van der Waals surface area contributed by atoms with Crippen molar-refractivity contribution in [1.82, 2.24) is 4.90 Å². The standard InChI is InChI=1S/C21H29F5N4O3/c1-20(2,3)11-29(12-21(24,25)26)16(9-27)19(32)28-13-4-5-15(14(8-13)18(22)23)30-6-7-33-10-17(30)31/h4-5,8,16,18H,6-7,9-12,27H2,1-3H3,(H,28,32)/t16-/m0/s1. The van der Waals surface area contributed by atoms with Crippen molar-refractivity contribution in [2.24, 2.45) is 11.1 Å². The first-order chi connectivity index (χ1) is 15.2. The third-order valence-electron chi connectivity index (χ3n) is 4.83. The molecule has 1 aliphatic rings. The van der Waals surface area contributed by atoms with Gasteiger partial charge in [0.1, 0.15) is 12.6 Å². The molecule has 0 spiro atoms. The molecule has 186 valence electrons. The molecule has 33 heavy (non-hydrogen) atoms. The lowest BCUT2D eigenvalue weighted by Crippen LogP contribution is -2.54. The summed E-state index contributed by atoms with van der Waals surface area (Å²) in [4.78, 5) is 27.0. The molecule has 1 fully saturated rings. The van der Waals surface area contributed by atoms with Gasteiger partial charge < -0.3 is 20.7 Å². The predicted molar refractivity (Wildman–Crippen MR) is 113 cm³/mol. The molecular formula is C21H29F5N4O3. The number of morpholine rings is 1. The Hall–Kier alpha value is -2.31. The van der Waals surface area contributed by atoms with Gasteiger partial charge in [0.2, 0.25) is 5.91 Å². The molecule has 1 aromatic rings. The highest BCUT2D eigenvalue weighted by Gasteiger charge is 2.38. The quantitative estimate of drug-likeness (QED) is 0.559. The SMILES string of the molecule is CC(C)(C)CN(CC(F)(F)F)[C@@H](CN)C(=O)Nc1ccc(N2CCOCC2=O)c(C(F)F)c1. The average Bonchev–Trinajstić information content (AvgIpc) is 2.66. The molecule has 12 heteroatoms. The summed E-state index contributed by atoms with van der Waals surface area (Å²) in [6.45, 7) is 3.41. The molecule has 0 unspecified atom stereocenters. The van der Waals surface area contributed by atoms with Crippen LogP contribution in [0.15, 0.2) is 18.2 Å². The fraction of sp³-hybridized carbons (Fsp3) is 0.619. The van der Waals surface area contributed by atoms with Crippen LogP contribution in [0.2, 0.25) is 0 Å². The Bertz CT molecular complexity index is 826. The minimum Gasteiger partial charge on any atom is -0.370 e. The summed E-state index contributed by atoms with van der Waals surface area (Å²) in [6, 6.07) is 2.25. The molecule has 1 saturated heterocycles. The number of nitrogens with one attached hydrogen (secondary N) is 1. The van der Waals surface area contributed by atoms with E-state index in [1.165, 1.54) is 17.0 Å². The van der Waals surface area contributed by atoms with Gasteiger partial charge in [-0.05, 0) is 23.6 Å². The Balaban J connectivity index is 2.28. The van der Waals surface area contributed by atoms with E-state index < -0.39 is 54.5 Å². The molecule has 0 saturated carbocycles. The number of anilines is 2. The number of alkyl halides is 5. The molecule has 7 nitrogen and oxygen atoms in total. The van der Waals surface area contributed by atoms with Crippen LogP contribution in [0.3, 0.4) is 0 Å². The maximum atomic E-state index is 13.7. The number of amides is 2. The maximum Gasteiger partial charge on any atom is 0.401 e. The minimum absolute atomic E-state index is 0.0156. The first-order valence-electron chi connectivity index (χ1n) is 10.3. The minimum atomic E-state index is -4.56. The summed E-state index contributed by atoms with van der Waals surface area (Å²) in [7, 11) is 0. The largest absolute Gasteiger partial charge is 0.401 e. The monoisotopic (exact) mass is 480 g/mol. The number of halogens is 5. The van der Waals surface area contributed by atoms with Crippen molar-refractivity contribution < 1.29 is 36.3 Å². The molecule has 1 aliphatic heterocycles. The van der Waals surface area contributed by atoms with Gasteiger partial charge >= 0.3 is 6.18 Å². The smallest absolute Gasteiger partial charge is 0.370 e. The van der Waals surface area contributed by atoms with Crippen LogP contribution in [-0.4, -0.2) is 68.3 Å². The van der Waals surface area contributed by atoms with E-state index in [9.17, 15) is 31.5 Å². The number of ether oxygens (including phenoxy) is 1. The zero-order chi connectivity index (χ0) is 25.0. The van der Waals surface area contributed by atoms with E-state index in [4.69, 9.17) is 10.5 Å². The molecule has 3 N–H and O–H groups in total. The Labute approximate surface area is 189 Å². The van der Waals surface area contributed by atoms with Gasteiger partial charge in [-0.2, -0.15) is 13.2 Å². The average molecular weight is 480 g/mol. The fourth-order valence-electron chi connectivity index (χ4n) is 3.59. The fourth-order valence-corrected chi connectivity index (χ4v) is 3.59. The van der Waals surface area contributed by atoms with E-state index >= 15 is 0 Å². The van der Waals surface area contributed by atoms with E-state index in [0.29, 0.717) is 0 Å². The van der Waals surface area contributed by atoms with Crippen molar-refractivity contribution >= 4 is 23.2 Å². The Morgan fingerprint density at radius 3 is 2.42 bits per heavy atom. The van der Waals surface area contributed by atoms with Crippen molar-refractivity contribution in [1.29, 1.82) is 0 Å². The van der Waals surface area contributed by atoms with E-state index in [0.717, 1.165) is 11.0 Å². The summed E-state index contributed by atoms with van der Waals surface area (Å²) < 4.78 is 71.8. The Morgan fingerprint density at radius 2 is 1.91 bits per heavy atom. The first kappa shape index (κ1) is 26.9. The topological polar surface area (TPSA) is 87.9 Å². The highest BCUT2D eigenvalue weighted by Crippen LogP contribution is 2.33. The molecular weight excluding hydrogens is 451 g/mol. The van der Waals surface area contributed by atoms with Crippen LogP contribution >= 0.6 is 0 Å². The van der Waals surface area contributed by atoms with Crippen LogP contribution in [0.25, 0.3) is 0 Å². The van der Waals surface area contributed by atoms with Crippen molar-refractivity contribution in [3.8, 4) is 0 Å². The van der Waals surface area contributed by atoms with E-state index in [-0.39, 0.29) is 37.7 Å². The number of benzene rings is 1. The third-order valence-corrected chi connectivity index (χ3v) is 4.83. The molecule has 2 amide bonds. The van der Waals surface area contributed by atoms with Gasteiger partial charge in [0.15, 0.2) is 0 Å². The molecule has 0 radical (unpaired) electrons. The molecule has 1 aromatic carbocycles. The van der Waals surface area contributed by atoms with Gasteiger partial charge in [-0.3, -0.25) is 14.5 Å². The third kappa shape index (κ3) is 7.90. The number of nitrogens with zero attached hydrogens (tertiary/aromatic N) is 2. The van der Waals surface area contributed by atoms with Crippen molar-refractivity contribution in [2.75, 3.05) is 49.6 Å². The van der Waals surface area contributed by atoms with Crippen molar-refractivity contribution in [2.45, 2.75) is 39.4 Å². The highest BCUT2D eigenvalue weighted by atomic mass is 19.4. The lowest BCUT2D eigenvalue weighted by molar-refractivity contribution is -0.156. The van der Waals surface area contributed by atoms with Crippen LogP contribution in [0, 0.1) is 5.41 Å². The van der Waals surface area contributed by atoms with Gasteiger partial charge in [0.25, 0.3) is 12.3 Å². The highest BCUT2D eigenvalue weighted by molar-refractivity contribution is 5.97. The lowest BCUT2D eigenvalue weighted by Gasteiger charge is -2.35. The van der Waals surface area contributed by atoms with Crippen LogP contribution < -0.4 is 16.0 Å². The lowest BCUT2D eigenvalue weighted by atomic mass is 9.95. The van der Waals surface area contributed by atoms with Gasteiger partial charge in [-0.25, -0.2) is 8.78 Å². The van der Waals surface area contributed by atoms with Crippen molar-refractivity contribution in [3.63, 3.8) is 0 Å². The summed E-state index contributed by atoms with van der Waals surface area (Å²) in [6.07, 6.45) is -7.52. The van der Waals surface area contributed by atoms with E-state index in [2.05, 4.69) is 5.32 Å². The summed E-state index contributed by atoms with van der Waals surface area (Å²) in [5.41, 5.74) is 4.53.